The molecule has 2 unspecified atom stereocenters. The fourth-order valence-electron chi connectivity index (χ4n) is 1.73. The molecule has 1 heterocycles. The Balaban J connectivity index is 2.08. The van der Waals surface area contributed by atoms with Gasteiger partial charge in [-0.15, -0.1) is 0 Å². The zero-order valence-electron chi connectivity index (χ0n) is 8.74. The highest BCUT2D eigenvalue weighted by molar-refractivity contribution is 9.10. The van der Waals surface area contributed by atoms with Crippen LogP contribution in [0.25, 0.3) is 0 Å². The Hall–Kier alpha value is -0.680. The van der Waals surface area contributed by atoms with E-state index in [1.807, 2.05) is 13.8 Å². The van der Waals surface area contributed by atoms with Crippen molar-refractivity contribution in [3.8, 4) is 0 Å². The number of halogens is 1. The number of hydrogen-bond acceptors (Lipinski definition) is 4. The van der Waals surface area contributed by atoms with Gasteiger partial charge in [0.05, 0.1) is 10.6 Å². The van der Waals surface area contributed by atoms with Crippen LogP contribution in [0, 0.1) is 5.41 Å². The second-order valence-electron chi connectivity index (χ2n) is 4.49. The van der Waals surface area contributed by atoms with Gasteiger partial charge >= 0.3 is 0 Å². The molecule has 1 fully saturated rings. The molecule has 0 aromatic carbocycles. The van der Waals surface area contributed by atoms with E-state index in [4.69, 9.17) is 0 Å². The third-order valence-electron chi connectivity index (χ3n) is 3.19. The van der Waals surface area contributed by atoms with Crippen LogP contribution in [0.4, 0.5) is 5.82 Å². The molecule has 0 aliphatic heterocycles. The molecule has 2 N–H and O–H groups in total. The molecule has 1 aromatic heterocycles. The predicted octanol–water partition coefficient (Wildman–Crippen LogP) is 1.81. The molecule has 15 heavy (non-hydrogen) atoms. The van der Waals surface area contributed by atoms with Crippen LogP contribution in [0.2, 0.25) is 0 Å². The maximum atomic E-state index is 9.61. The molecule has 82 valence electrons. The summed E-state index contributed by atoms with van der Waals surface area (Å²) < 4.78 is 0.849. The van der Waals surface area contributed by atoms with Crippen LogP contribution in [0.15, 0.2) is 17.0 Å². The first-order valence-electron chi connectivity index (χ1n) is 4.92. The summed E-state index contributed by atoms with van der Waals surface area (Å²) in [6, 6.07) is 0.263. The highest BCUT2D eigenvalue weighted by Crippen LogP contribution is 2.42. The van der Waals surface area contributed by atoms with Gasteiger partial charge in [-0.25, -0.2) is 9.97 Å². The third kappa shape index (κ3) is 1.86. The minimum Gasteiger partial charge on any atom is -0.392 e. The van der Waals surface area contributed by atoms with Crippen molar-refractivity contribution in [2.45, 2.75) is 32.4 Å². The molecule has 1 aliphatic carbocycles. The molecule has 0 radical (unpaired) electrons. The quantitative estimate of drug-likeness (QED) is 0.862. The second-order valence-corrected chi connectivity index (χ2v) is 5.34. The monoisotopic (exact) mass is 271 g/mol. The normalized spacial score (nSPS) is 28.3. The van der Waals surface area contributed by atoms with Gasteiger partial charge in [-0.2, -0.15) is 0 Å². The highest BCUT2D eigenvalue weighted by Gasteiger charge is 2.47. The third-order valence-corrected chi connectivity index (χ3v) is 3.77. The SMILES string of the molecule is CC1(C)C(O)CC1Nc1ncncc1Br. The molecule has 0 saturated heterocycles. The van der Waals surface area contributed by atoms with Crippen molar-refractivity contribution in [2.75, 3.05) is 5.32 Å². The summed E-state index contributed by atoms with van der Waals surface area (Å²) in [4.78, 5) is 8.04. The Labute approximate surface area is 97.3 Å². The Kier molecular flexibility index (Phi) is 2.68. The first-order chi connectivity index (χ1) is 7.01. The Morgan fingerprint density at radius 1 is 1.60 bits per heavy atom. The fraction of sp³-hybridized carbons (Fsp3) is 0.600. The zero-order chi connectivity index (χ0) is 11.1. The van der Waals surface area contributed by atoms with E-state index in [2.05, 4.69) is 31.2 Å². The number of hydrogen-bond donors (Lipinski definition) is 2. The van der Waals surface area contributed by atoms with E-state index in [1.54, 1.807) is 6.20 Å². The topological polar surface area (TPSA) is 58.0 Å². The number of rotatable bonds is 2. The lowest BCUT2D eigenvalue weighted by atomic mass is 9.64. The number of aliphatic hydroxyl groups is 1. The van der Waals surface area contributed by atoms with Crippen molar-refractivity contribution >= 4 is 21.7 Å². The predicted molar refractivity (Wildman–Crippen MR) is 61.5 cm³/mol. The molecule has 0 bridgehead atoms. The summed E-state index contributed by atoms with van der Waals surface area (Å²) in [5.41, 5.74) is -0.0929. The molecule has 2 rings (SSSR count). The Morgan fingerprint density at radius 2 is 2.33 bits per heavy atom. The van der Waals surface area contributed by atoms with Gasteiger partial charge in [0.1, 0.15) is 12.1 Å². The molecule has 2 atom stereocenters. The molecular formula is C10H14BrN3O. The van der Waals surface area contributed by atoms with Gasteiger partial charge in [0.15, 0.2) is 0 Å². The van der Waals surface area contributed by atoms with E-state index in [9.17, 15) is 5.11 Å². The summed E-state index contributed by atoms with van der Waals surface area (Å²) in [5, 5.41) is 12.9. The van der Waals surface area contributed by atoms with Crippen molar-refractivity contribution in [1.82, 2.24) is 9.97 Å². The summed E-state index contributed by atoms with van der Waals surface area (Å²) in [6.07, 6.45) is 3.76. The van der Waals surface area contributed by atoms with Crippen LogP contribution in [-0.4, -0.2) is 27.2 Å². The lowest BCUT2D eigenvalue weighted by molar-refractivity contribution is -0.0511. The van der Waals surface area contributed by atoms with Crippen molar-refractivity contribution in [3.05, 3.63) is 17.0 Å². The van der Waals surface area contributed by atoms with E-state index in [-0.39, 0.29) is 17.6 Å². The van der Waals surface area contributed by atoms with Gasteiger partial charge in [0, 0.05) is 17.7 Å². The van der Waals surface area contributed by atoms with E-state index in [0.29, 0.717) is 0 Å². The summed E-state index contributed by atoms with van der Waals surface area (Å²) in [6.45, 7) is 4.10. The van der Waals surface area contributed by atoms with Gasteiger partial charge in [0.2, 0.25) is 0 Å². The van der Waals surface area contributed by atoms with E-state index >= 15 is 0 Å². The summed E-state index contributed by atoms with van der Waals surface area (Å²) in [7, 11) is 0. The van der Waals surface area contributed by atoms with E-state index < -0.39 is 0 Å². The van der Waals surface area contributed by atoms with Gasteiger partial charge < -0.3 is 10.4 Å². The maximum Gasteiger partial charge on any atom is 0.143 e. The molecule has 1 saturated carbocycles. The number of aromatic nitrogens is 2. The molecule has 1 aromatic rings. The number of anilines is 1. The first-order valence-corrected chi connectivity index (χ1v) is 5.71. The Morgan fingerprint density at radius 3 is 2.87 bits per heavy atom. The fourth-order valence-corrected chi connectivity index (χ4v) is 2.07. The number of aliphatic hydroxyl groups excluding tert-OH is 1. The van der Waals surface area contributed by atoms with Crippen LogP contribution in [0.5, 0.6) is 0 Å². The standard InChI is InChI=1S/C10H14BrN3O/c1-10(2)7(3-8(10)15)14-9-6(11)4-12-5-13-9/h4-5,7-8,15H,3H2,1-2H3,(H,12,13,14). The summed E-state index contributed by atoms with van der Waals surface area (Å²) >= 11 is 3.38. The molecule has 5 heteroatoms. The van der Waals surface area contributed by atoms with E-state index in [0.717, 1.165) is 16.7 Å². The van der Waals surface area contributed by atoms with Gasteiger partial charge in [-0.1, -0.05) is 13.8 Å². The number of nitrogens with one attached hydrogen (secondary N) is 1. The van der Waals surface area contributed by atoms with Gasteiger partial charge in [-0.05, 0) is 22.4 Å². The lowest BCUT2D eigenvalue weighted by Crippen LogP contribution is -2.57. The molecule has 0 amide bonds. The molecule has 1 aliphatic rings. The van der Waals surface area contributed by atoms with Crippen LogP contribution >= 0.6 is 15.9 Å². The van der Waals surface area contributed by atoms with Gasteiger partial charge in [0.25, 0.3) is 0 Å². The maximum absolute atomic E-state index is 9.61. The smallest absolute Gasteiger partial charge is 0.143 e. The van der Waals surface area contributed by atoms with Crippen molar-refractivity contribution < 1.29 is 5.11 Å². The van der Waals surface area contributed by atoms with Crippen molar-refractivity contribution in [2.24, 2.45) is 5.41 Å². The highest BCUT2D eigenvalue weighted by atomic mass is 79.9. The lowest BCUT2D eigenvalue weighted by Gasteiger charge is -2.49. The average Bonchev–Trinajstić information content (AvgIpc) is 2.20. The number of nitrogens with zero attached hydrogens (tertiary/aromatic N) is 2. The average molecular weight is 272 g/mol. The minimum atomic E-state index is -0.226. The molecule has 4 nitrogen and oxygen atoms in total. The first kappa shape index (κ1) is 10.8. The molecular weight excluding hydrogens is 258 g/mol. The second kappa shape index (κ2) is 3.72. The van der Waals surface area contributed by atoms with Crippen molar-refractivity contribution in [1.29, 1.82) is 0 Å². The Bertz CT molecular complexity index is 369. The van der Waals surface area contributed by atoms with Crippen LogP contribution < -0.4 is 5.32 Å². The van der Waals surface area contributed by atoms with Crippen LogP contribution in [-0.2, 0) is 0 Å². The minimum absolute atomic E-state index is 0.0929. The van der Waals surface area contributed by atoms with Crippen LogP contribution in [0.3, 0.4) is 0 Å². The van der Waals surface area contributed by atoms with Crippen molar-refractivity contribution in [3.63, 3.8) is 0 Å². The summed E-state index contributed by atoms with van der Waals surface area (Å²) in [5.74, 6) is 0.787. The zero-order valence-corrected chi connectivity index (χ0v) is 10.3. The van der Waals surface area contributed by atoms with Gasteiger partial charge in [-0.3, -0.25) is 0 Å². The van der Waals surface area contributed by atoms with E-state index in [1.165, 1.54) is 6.33 Å². The largest absolute Gasteiger partial charge is 0.392 e. The molecule has 0 spiro atoms. The van der Waals surface area contributed by atoms with Crippen LogP contribution in [0.1, 0.15) is 20.3 Å².